The first kappa shape index (κ1) is 18.4. The molecule has 2 aliphatic rings. The molecule has 2 heterocycles. The number of nitro benzene ring substituents is 1. The number of carbonyl (C=O) groups is 1. The van der Waals surface area contributed by atoms with Crippen molar-refractivity contribution in [2.24, 2.45) is 7.05 Å². The number of hydrogen-bond acceptors (Lipinski definition) is 6. The number of aromatic nitrogens is 2. The van der Waals surface area contributed by atoms with Gasteiger partial charge in [0.05, 0.1) is 24.3 Å². The zero-order valence-electron chi connectivity index (χ0n) is 15.9. The lowest BCUT2D eigenvalue weighted by Crippen LogP contribution is -2.48. The van der Waals surface area contributed by atoms with Gasteiger partial charge in [0, 0.05) is 43.0 Å². The van der Waals surface area contributed by atoms with Crippen LogP contribution < -0.4 is 10.2 Å². The zero-order valence-corrected chi connectivity index (χ0v) is 15.9. The number of nitro groups is 1. The Morgan fingerprint density at radius 3 is 2.86 bits per heavy atom. The molecule has 1 saturated carbocycles. The summed E-state index contributed by atoms with van der Waals surface area (Å²) in [5.74, 6) is -0.265. The van der Waals surface area contributed by atoms with Crippen molar-refractivity contribution in [2.75, 3.05) is 24.6 Å². The largest absolute Gasteiger partial charge is 0.367 e. The van der Waals surface area contributed by atoms with Gasteiger partial charge in [-0.3, -0.25) is 19.6 Å². The van der Waals surface area contributed by atoms with E-state index in [0.717, 1.165) is 18.4 Å². The molecule has 1 amide bonds. The number of rotatable bonds is 5. The van der Waals surface area contributed by atoms with E-state index in [4.69, 9.17) is 4.74 Å². The number of nitrogens with one attached hydrogen (secondary N) is 1. The lowest BCUT2D eigenvalue weighted by Gasteiger charge is -2.41. The zero-order chi connectivity index (χ0) is 19.9. The fraction of sp³-hybridized carbons (Fsp3) is 0.474. The lowest BCUT2D eigenvalue weighted by atomic mass is 9.96. The molecule has 0 bridgehead atoms. The van der Waals surface area contributed by atoms with Crippen LogP contribution in [0.25, 0.3) is 0 Å². The average Bonchev–Trinajstić information content (AvgIpc) is 3.37. The molecular weight excluding hydrogens is 362 g/mol. The number of carbonyl (C=O) groups excluding carboxylic acids is 1. The minimum Gasteiger partial charge on any atom is -0.367 e. The fourth-order valence-corrected chi connectivity index (χ4v) is 3.52. The van der Waals surface area contributed by atoms with E-state index in [2.05, 4.69) is 10.4 Å². The summed E-state index contributed by atoms with van der Waals surface area (Å²) in [4.78, 5) is 25.5. The minimum absolute atomic E-state index is 0.0705. The molecule has 1 saturated heterocycles. The Kier molecular flexibility index (Phi) is 4.54. The molecule has 1 N–H and O–H groups in total. The Morgan fingerprint density at radius 1 is 1.43 bits per heavy atom. The molecular formula is C19H23N5O4. The average molecular weight is 385 g/mol. The minimum atomic E-state index is -0.623. The molecule has 1 aromatic carbocycles. The monoisotopic (exact) mass is 385 g/mol. The van der Waals surface area contributed by atoms with E-state index < -0.39 is 10.5 Å². The molecule has 1 aromatic heterocycles. The lowest BCUT2D eigenvalue weighted by molar-refractivity contribution is -0.384. The number of nitrogens with zero attached hydrogens (tertiary/aromatic N) is 4. The van der Waals surface area contributed by atoms with E-state index in [1.807, 2.05) is 25.1 Å². The molecule has 9 nitrogen and oxygen atoms in total. The van der Waals surface area contributed by atoms with Gasteiger partial charge >= 0.3 is 0 Å². The molecule has 1 unspecified atom stereocenters. The number of benzene rings is 1. The number of morpholine rings is 1. The van der Waals surface area contributed by atoms with E-state index >= 15 is 0 Å². The van der Waals surface area contributed by atoms with Crippen molar-refractivity contribution >= 4 is 17.3 Å². The maximum Gasteiger partial charge on any atom is 0.293 e. The second-order valence-electron chi connectivity index (χ2n) is 7.61. The van der Waals surface area contributed by atoms with Crippen LogP contribution in [0.4, 0.5) is 11.4 Å². The first-order valence-corrected chi connectivity index (χ1v) is 9.33. The maximum absolute atomic E-state index is 12.3. The van der Waals surface area contributed by atoms with Crippen LogP contribution in [0.2, 0.25) is 0 Å². The van der Waals surface area contributed by atoms with Crippen LogP contribution in [-0.2, 0) is 17.4 Å². The Balaban J connectivity index is 1.61. The van der Waals surface area contributed by atoms with Gasteiger partial charge in [0.25, 0.3) is 11.6 Å². The third-order valence-electron chi connectivity index (χ3n) is 5.28. The van der Waals surface area contributed by atoms with Gasteiger partial charge in [0.1, 0.15) is 11.3 Å². The molecule has 148 valence electrons. The highest BCUT2D eigenvalue weighted by Crippen LogP contribution is 2.36. The van der Waals surface area contributed by atoms with E-state index in [1.165, 1.54) is 6.07 Å². The molecule has 28 heavy (non-hydrogen) atoms. The topological polar surface area (TPSA) is 103 Å². The predicted octanol–water partition coefficient (Wildman–Crippen LogP) is 1.97. The number of anilines is 1. The highest BCUT2D eigenvalue weighted by atomic mass is 16.6. The third-order valence-corrected chi connectivity index (χ3v) is 5.28. The van der Waals surface area contributed by atoms with Gasteiger partial charge in [-0.1, -0.05) is 0 Å². The Bertz CT molecular complexity index is 923. The molecule has 1 atom stereocenters. The van der Waals surface area contributed by atoms with Crippen molar-refractivity contribution in [3.05, 3.63) is 51.8 Å². The molecule has 9 heteroatoms. The predicted molar refractivity (Wildman–Crippen MR) is 102 cm³/mol. The molecule has 2 aromatic rings. The number of hydrogen-bond donors (Lipinski definition) is 1. The molecule has 0 radical (unpaired) electrons. The first-order chi connectivity index (χ1) is 13.4. The van der Waals surface area contributed by atoms with Crippen LogP contribution in [0.1, 0.15) is 35.7 Å². The van der Waals surface area contributed by atoms with Crippen LogP contribution in [0.15, 0.2) is 30.6 Å². The first-order valence-electron chi connectivity index (χ1n) is 9.33. The summed E-state index contributed by atoms with van der Waals surface area (Å²) in [5, 5.41) is 18.8. The van der Waals surface area contributed by atoms with E-state index in [0.29, 0.717) is 30.9 Å². The van der Waals surface area contributed by atoms with E-state index in [-0.39, 0.29) is 17.6 Å². The SMILES string of the molecule is Cn1cc(C2(C)CN(c3ccc(C(=O)NC4CC4)cc3[N+](=O)[O-])CCO2)cn1. The summed E-state index contributed by atoms with van der Waals surface area (Å²) in [6, 6.07) is 4.88. The summed E-state index contributed by atoms with van der Waals surface area (Å²) >= 11 is 0. The Labute approximate surface area is 162 Å². The van der Waals surface area contributed by atoms with Crippen molar-refractivity contribution in [3.63, 3.8) is 0 Å². The summed E-state index contributed by atoms with van der Waals surface area (Å²) in [6.07, 6.45) is 5.58. The van der Waals surface area contributed by atoms with Crippen molar-refractivity contribution in [3.8, 4) is 0 Å². The highest BCUT2D eigenvalue weighted by molar-refractivity contribution is 5.96. The second kappa shape index (κ2) is 6.90. The standard InChI is InChI=1S/C19H23N5O4/c1-19(14-10-20-22(2)11-14)12-23(7-8-28-19)16-6-3-13(9-17(16)24(26)27)18(25)21-15-4-5-15/h3,6,9-11,15H,4-5,7-8,12H2,1-2H3,(H,21,25). The highest BCUT2D eigenvalue weighted by Gasteiger charge is 2.37. The molecule has 1 aliphatic heterocycles. The number of amides is 1. The van der Waals surface area contributed by atoms with Crippen molar-refractivity contribution in [1.82, 2.24) is 15.1 Å². The quantitative estimate of drug-likeness (QED) is 0.624. The fourth-order valence-electron chi connectivity index (χ4n) is 3.52. The van der Waals surface area contributed by atoms with Gasteiger partial charge < -0.3 is 15.0 Å². The summed E-state index contributed by atoms with van der Waals surface area (Å²) < 4.78 is 7.71. The van der Waals surface area contributed by atoms with Crippen molar-refractivity contribution in [1.29, 1.82) is 0 Å². The smallest absolute Gasteiger partial charge is 0.293 e. The third kappa shape index (κ3) is 3.57. The summed E-state index contributed by atoms with van der Waals surface area (Å²) in [5.41, 5.74) is 1.03. The van der Waals surface area contributed by atoms with Crippen molar-refractivity contribution < 1.29 is 14.5 Å². The van der Waals surface area contributed by atoms with Gasteiger partial charge in [-0.25, -0.2) is 0 Å². The van der Waals surface area contributed by atoms with Gasteiger partial charge in [-0.2, -0.15) is 5.10 Å². The van der Waals surface area contributed by atoms with Gasteiger partial charge in [-0.15, -0.1) is 0 Å². The molecule has 0 spiro atoms. The van der Waals surface area contributed by atoms with Crippen LogP contribution in [0, 0.1) is 10.1 Å². The second-order valence-corrected chi connectivity index (χ2v) is 7.61. The van der Waals surface area contributed by atoms with E-state index in [9.17, 15) is 14.9 Å². The maximum atomic E-state index is 12.3. The normalized spacial score (nSPS) is 22.1. The number of ether oxygens (including phenoxy) is 1. The van der Waals surface area contributed by atoms with Crippen LogP contribution >= 0.6 is 0 Å². The molecule has 4 rings (SSSR count). The summed E-state index contributed by atoms with van der Waals surface area (Å²) in [6.45, 7) is 3.38. The van der Waals surface area contributed by atoms with Crippen LogP contribution in [0.3, 0.4) is 0 Å². The Hall–Kier alpha value is -2.94. The van der Waals surface area contributed by atoms with Gasteiger partial charge in [0.15, 0.2) is 0 Å². The van der Waals surface area contributed by atoms with Crippen LogP contribution in [-0.4, -0.2) is 46.3 Å². The molecule has 2 fully saturated rings. The van der Waals surface area contributed by atoms with Gasteiger partial charge in [-0.05, 0) is 31.9 Å². The number of aryl methyl sites for hydroxylation is 1. The van der Waals surface area contributed by atoms with Crippen LogP contribution in [0.5, 0.6) is 0 Å². The van der Waals surface area contributed by atoms with Gasteiger partial charge in [0.2, 0.25) is 0 Å². The van der Waals surface area contributed by atoms with Crippen molar-refractivity contribution in [2.45, 2.75) is 31.4 Å². The Morgan fingerprint density at radius 2 is 2.21 bits per heavy atom. The molecule has 1 aliphatic carbocycles. The van der Waals surface area contributed by atoms with E-state index in [1.54, 1.807) is 23.0 Å². The summed E-state index contributed by atoms with van der Waals surface area (Å²) in [7, 11) is 1.84.